The van der Waals surface area contributed by atoms with Crippen LogP contribution in [0.1, 0.15) is 52.9 Å². The summed E-state index contributed by atoms with van der Waals surface area (Å²) >= 11 is 0. The van der Waals surface area contributed by atoms with Crippen LogP contribution in [0.25, 0.3) is 0 Å². The average molecular weight is 318 g/mol. The molecule has 1 fully saturated rings. The standard InChI is InChI=1S/C16H22N4O3/c1-15(2,3)17-14-12(20(22)23)8-7-11-13(14)18-16(19(11)21)9-5-4-6-10-16/h7-8,21H,4-6,9-10H2,1-3H3. The lowest BCUT2D eigenvalue weighted by atomic mass is 9.89. The molecule has 124 valence electrons. The summed E-state index contributed by atoms with van der Waals surface area (Å²) in [6.07, 6.45) is 7.58. The zero-order valence-corrected chi connectivity index (χ0v) is 13.7. The molecule has 3 aliphatic rings. The van der Waals surface area contributed by atoms with Crippen molar-refractivity contribution in [1.82, 2.24) is 5.06 Å². The van der Waals surface area contributed by atoms with Crippen LogP contribution in [0.15, 0.2) is 33.5 Å². The third kappa shape index (κ3) is 2.69. The van der Waals surface area contributed by atoms with Crippen molar-refractivity contribution in [2.24, 2.45) is 9.98 Å². The monoisotopic (exact) mass is 318 g/mol. The highest BCUT2D eigenvalue weighted by Crippen LogP contribution is 2.42. The van der Waals surface area contributed by atoms with Crippen LogP contribution in [0.2, 0.25) is 0 Å². The van der Waals surface area contributed by atoms with E-state index in [0.29, 0.717) is 11.4 Å². The smallest absolute Gasteiger partial charge is 0.286 e. The molecule has 0 radical (unpaired) electrons. The van der Waals surface area contributed by atoms with E-state index in [-0.39, 0.29) is 11.4 Å². The summed E-state index contributed by atoms with van der Waals surface area (Å²) in [5, 5.41) is 23.2. The van der Waals surface area contributed by atoms with Gasteiger partial charge in [0, 0.05) is 6.08 Å². The number of allylic oxidation sites excluding steroid dienone is 4. The second-order valence-corrected chi connectivity index (χ2v) is 7.31. The van der Waals surface area contributed by atoms with Crippen molar-refractivity contribution in [2.75, 3.05) is 0 Å². The van der Waals surface area contributed by atoms with E-state index < -0.39 is 16.1 Å². The molecule has 7 heteroatoms. The van der Waals surface area contributed by atoms with Gasteiger partial charge in [0.15, 0.2) is 11.4 Å². The number of aliphatic imine (C=N–C) groups is 2. The molecule has 2 aliphatic carbocycles. The van der Waals surface area contributed by atoms with Gasteiger partial charge in [-0.3, -0.25) is 25.3 Å². The third-order valence-electron chi connectivity index (χ3n) is 4.35. The molecule has 3 rings (SSSR count). The molecule has 1 saturated carbocycles. The molecule has 7 nitrogen and oxygen atoms in total. The summed E-state index contributed by atoms with van der Waals surface area (Å²) < 4.78 is 0. The Morgan fingerprint density at radius 1 is 1.30 bits per heavy atom. The van der Waals surface area contributed by atoms with Gasteiger partial charge in [0.2, 0.25) is 0 Å². The molecule has 0 unspecified atom stereocenters. The van der Waals surface area contributed by atoms with Crippen LogP contribution in [0.5, 0.6) is 0 Å². The van der Waals surface area contributed by atoms with E-state index in [1.54, 1.807) is 6.08 Å². The predicted octanol–water partition coefficient (Wildman–Crippen LogP) is 3.09. The first kappa shape index (κ1) is 15.9. The largest absolute Gasteiger partial charge is 0.296 e. The van der Waals surface area contributed by atoms with E-state index in [4.69, 9.17) is 4.99 Å². The Morgan fingerprint density at radius 2 is 1.96 bits per heavy atom. The quantitative estimate of drug-likeness (QED) is 0.457. The minimum Gasteiger partial charge on any atom is -0.286 e. The molecule has 1 N–H and O–H groups in total. The SMILES string of the molecule is CC(C)(C)N=C1C([N+](=O)[O-])=CC=C2C1=NC1(CCCCC1)N2O. The summed E-state index contributed by atoms with van der Waals surface area (Å²) in [6, 6.07) is 0. The number of hydrogen-bond donors (Lipinski definition) is 1. The van der Waals surface area contributed by atoms with E-state index in [1.165, 1.54) is 11.1 Å². The number of fused-ring (bicyclic) bond motifs is 1. The molecule has 0 aromatic carbocycles. The first-order chi connectivity index (χ1) is 10.7. The van der Waals surface area contributed by atoms with Crippen LogP contribution in [0.4, 0.5) is 0 Å². The van der Waals surface area contributed by atoms with E-state index in [0.717, 1.165) is 32.1 Å². The van der Waals surface area contributed by atoms with E-state index in [1.807, 2.05) is 20.8 Å². The van der Waals surface area contributed by atoms with Crippen LogP contribution >= 0.6 is 0 Å². The van der Waals surface area contributed by atoms with Gasteiger partial charge in [0.25, 0.3) is 5.70 Å². The lowest BCUT2D eigenvalue weighted by Crippen LogP contribution is -2.42. The summed E-state index contributed by atoms with van der Waals surface area (Å²) in [4.78, 5) is 20.2. The maximum absolute atomic E-state index is 11.4. The predicted molar refractivity (Wildman–Crippen MR) is 87.2 cm³/mol. The topological polar surface area (TPSA) is 91.3 Å². The van der Waals surface area contributed by atoms with E-state index in [9.17, 15) is 15.3 Å². The first-order valence-electron chi connectivity index (χ1n) is 8.00. The van der Waals surface area contributed by atoms with Gasteiger partial charge < -0.3 is 0 Å². The highest BCUT2D eigenvalue weighted by Gasteiger charge is 2.48. The molecule has 0 amide bonds. The summed E-state index contributed by atoms with van der Waals surface area (Å²) in [5.74, 6) is 0. The van der Waals surface area contributed by atoms with Crippen molar-refractivity contribution in [3.8, 4) is 0 Å². The Kier molecular flexibility index (Phi) is 3.63. The van der Waals surface area contributed by atoms with Crippen molar-refractivity contribution in [3.63, 3.8) is 0 Å². The van der Waals surface area contributed by atoms with E-state index in [2.05, 4.69) is 4.99 Å². The Labute approximate surface area is 135 Å². The van der Waals surface area contributed by atoms with Crippen LogP contribution in [0.3, 0.4) is 0 Å². The minimum absolute atomic E-state index is 0.0660. The second-order valence-electron chi connectivity index (χ2n) is 7.31. The Bertz CT molecular complexity index is 661. The van der Waals surface area contributed by atoms with Gasteiger partial charge >= 0.3 is 0 Å². The molecule has 23 heavy (non-hydrogen) atoms. The van der Waals surface area contributed by atoms with Gasteiger partial charge in [-0.05, 0) is 52.5 Å². The van der Waals surface area contributed by atoms with Crippen molar-refractivity contribution in [2.45, 2.75) is 64.1 Å². The van der Waals surface area contributed by atoms with Gasteiger partial charge in [-0.25, -0.2) is 5.06 Å². The minimum atomic E-state index is -0.683. The summed E-state index contributed by atoms with van der Waals surface area (Å²) in [6.45, 7) is 5.66. The zero-order valence-electron chi connectivity index (χ0n) is 13.7. The summed E-state index contributed by atoms with van der Waals surface area (Å²) in [7, 11) is 0. The highest BCUT2D eigenvalue weighted by atomic mass is 16.6. The second kappa shape index (κ2) is 5.26. The Balaban J connectivity index is 2.12. The molecule has 1 heterocycles. The average Bonchev–Trinajstić information content (AvgIpc) is 2.72. The molecular weight excluding hydrogens is 296 g/mol. The number of nitrogens with zero attached hydrogens (tertiary/aromatic N) is 4. The fourth-order valence-electron chi connectivity index (χ4n) is 3.35. The van der Waals surface area contributed by atoms with Crippen LogP contribution in [0, 0.1) is 10.1 Å². The van der Waals surface area contributed by atoms with Gasteiger partial charge in [0.1, 0.15) is 5.71 Å². The summed E-state index contributed by atoms with van der Waals surface area (Å²) in [5.41, 5.74) is -0.000105. The highest BCUT2D eigenvalue weighted by molar-refractivity contribution is 6.54. The first-order valence-corrected chi connectivity index (χ1v) is 8.00. The van der Waals surface area contributed by atoms with Crippen LogP contribution < -0.4 is 0 Å². The van der Waals surface area contributed by atoms with E-state index >= 15 is 0 Å². The number of hydrogen-bond acceptors (Lipinski definition) is 6. The van der Waals surface area contributed by atoms with Crippen LogP contribution in [-0.2, 0) is 0 Å². The van der Waals surface area contributed by atoms with Gasteiger partial charge in [-0.15, -0.1) is 0 Å². The lowest BCUT2D eigenvalue weighted by molar-refractivity contribution is -0.414. The van der Waals surface area contributed by atoms with Gasteiger partial charge in [-0.1, -0.05) is 6.42 Å². The molecule has 0 saturated heterocycles. The third-order valence-corrected chi connectivity index (χ3v) is 4.35. The van der Waals surface area contributed by atoms with Gasteiger partial charge in [0.05, 0.1) is 16.2 Å². The lowest BCUT2D eigenvalue weighted by Gasteiger charge is -2.36. The van der Waals surface area contributed by atoms with Gasteiger partial charge in [-0.2, -0.15) is 0 Å². The molecular formula is C16H22N4O3. The van der Waals surface area contributed by atoms with Crippen molar-refractivity contribution in [1.29, 1.82) is 0 Å². The molecule has 0 aromatic heterocycles. The van der Waals surface area contributed by atoms with Crippen molar-refractivity contribution < 1.29 is 10.1 Å². The number of hydroxylamine groups is 2. The molecule has 1 spiro atoms. The molecule has 0 atom stereocenters. The molecule has 0 bridgehead atoms. The fourth-order valence-corrected chi connectivity index (χ4v) is 3.35. The van der Waals surface area contributed by atoms with Crippen molar-refractivity contribution in [3.05, 3.63) is 33.7 Å². The molecule has 0 aromatic rings. The number of nitro groups is 1. The normalized spacial score (nSPS) is 25.1. The van der Waals surface area contributed by atoms with Crippen molar-refractivity contribution >= 4 is 11.4 Å². The zero-order chi connectivity index (χ0) is 16.8. The molecule has 1 aliphatic heterocycles. The maximum Gasteiger partial charge on any atom is 0.296 e. The fraction of sp³-hybridized carbons (Fsp3) is 0.625. The Hall–Kier alpha value is -2.02. The number of rotatable bonds is 1. The Morgan fingerprint density at radius 3 is 2.52 bits per heavy atom. The maximum atomic E-state index is 11.4. The van der Waals surface area contributed by atoms with Crippen LogP contribution in [-0.4, -0.2) is 37.8 Å².